The van der Waals surface area contributed by atoms with Crippen LogP contribution in [0.5, 0.6) is 5.88 Å². The largest absolute Gasteiger partial charge is 0.477 e. The van der Waals surface area contributed by atoms with E-state index in [9.17, 15) is 31.2 Å². The zero-order valence-electron chi connectivity index (χ0n) is 32.8. The first-order chi connectivity index (χ1) is 27.1. The van der Waals surface area contributed by atoms with E-state index >= 15 is 0 Å². The Morgan fingerprint density at radius 2 is 1.72 bits per heavy atom. The van der Waals surface area contributed by atoms with Crippen molar-refractivity contribution < 1.29 is 40.7 Å². The maximum atomic E-state index is 13.4. The molecule has 2 amide bonds. The van der Waals surface area contributed by atoms with Crippen molar-refractivity contribution >= 4 is 39.4 Å². The molecule has 1 saturated carbocycles. The number of sulfonamides is 1. The molecule has 2 atom stereocenters. The summed E-state index contributed by atoms with van der Waals surface area (Å²) < 4.78 is 80.9. The monoisotopic (exact) mass is 845 g/mol. The molecule has 3 aromatic heterocycles. The van der Waals surface area contributed by atoms with Crippen LogP contribution in [0.3, 0.4) is 0 Å². The molecule has 2 fully saturated rings. The van der Waals surface area contributed by atoms with E-state index in [0.29, 0.717) is 13.0 Å². The number of aromatic nitrogens is 4. The number of benzene rings is 1. The van der Waals surface area contributed by atoms with Gasteiger partial charge in [-0.25, -0.2) is 24.2 Å². The molecule has 6 rings (SSSR count). The lowest BCUT2D eigenvalue weighted by molar-refractivity contribution is -0.190. The van der Waals surface area contributed by atoms with Gasteiger partial charge in [0.15, 0.2) is 10.8 Å². The van der Waals surface area contributed by atoms with Gasteiger partial charge in [0, 0.05) is 24.3 Å². The van der Waals surface area contributed by atoms with E-state index in [1.165, 1.54) is 41.2 Å². The molecule has 4 heterocycles. The second-order valence-corrected chi connectivity index (χ2v) is 18.4. The number of carbonyl (C=O) groups is 2. The number of ether oxygens (including phenoxy) is 2. The summed E-state index contributed by atoms with van der Waals surface area (Å²) in [5.74, 6) is -0.350. The van der Waals surface area contributed by atoms with Crippen molar-refractivity contribution in [1.82, 2.24) is 29.4 Å². The number of nitrogens with zero attached hydrogens (tertiary/aromatic N) is 5. The number of likely N-dealkylation sites (tertiary alicyclic amines) is 1. The topological polar surface area (TPSA) is 158 Å². The quantitative estimate of drug-likeness (QED) is 0.118. The van der Waals surface area contributed by atoms with Crippen molar-refractivity contribution in [3.63, 3.8) is 0 Å². The van der Waals surface area contributed by atoms with Gasteiger partial charge in [0.05, 0.1) is 23.6 Å². The first-order valence-electron chi connectivity index (χ1n) is 18.9. The minimum atomic E-state index is -4.49. The van der Waals surface area contributed by atoms with Gasteiger partial charge < -0.3 is 19.7 Å². The summed E-state index contributed by atoms with van der Waals surface area (Å²) >= 11 is 6.32. The lowest BCUT2D eigenvalue weighted by Crippen LogP contribution is -2.45. The maximum absolute atomic E-state index is 13.4. The maximum Gasteiger partial charge on any atom is 0.410 e. The summed E-state index contributed by atoms with van der Waals surface area (Å²) in [5, 5.41) is 6.81. The Balaban J connectivity index is 1.08. The molecule has 58 heavy (non-hydrogen) atoms. The number of nitrogens with one attached hydrogen (secondary N) is 2. The van der Waals surface area contributed by atoms with Crippen LogP contribution >= 0.6 is 11.6 Å². The Morgan fingerprint density at radius 3 is 2.38 bits per heavy atom. The van der Waals surface area contributed by atoms with Gasteiger partial charge in [-0.3, -0.25) is 4.79 Å². The Labute approximate surface area is 340 Å². The molecule has 0 radical (unpaired) electrons. The zero-order valence-corrected chi connectivity index (χ0v) is 34.4. The second-order valence-electron chi connectivity index (χ2n) is 16.4. The van der Waals surface area contributed by atoms with Crippen LogP contribution in [0.2, 0.25) is 5.15 Å². The van der Waals surface area contributed by atoms with Crippen LogP contribution in [0, 0.1) is 11.3 Å². The number of alkyl halides is 3. The molecule has 0 bridgehead atoms. The van der Waals surface area contributed by atoms with E-state index in [2.05, 4.69) is 20.4 Å². The number of pyridine rings is 2. The molecule has 4 aromatic rings. The number of amides is 2. The molecule has 18 heteroatoms. The number of hydrogen-bond acceptors (Lipinski definition) is 10. The molecule has 312 valence electrons. The first-order valence-corrected chi connectivity index (χ1v) is 20.8. The number of hydrogen-bond donors (Lipinski definition) is 2. The summed E-state index contributed by atoms with van der Waals surface area (Å²) in [7, 11) is -4.49. The van der Waals surface area contributed by atoms with E-state index in [1.54, 1.807) is 11.0 Å². The minimum absolute atomic E-state index is 0.0765. The van der Waals surface area contributed by atoms with Gasteiger partial charge in [0.1, 0.15) is 16.6 Å². The lowest BCUT2D eigenvalue weighted by Gasteiger charge is -2.33. The Bertz CT molecular complexity index is 2230. The average Bonchev–Trinajstić information content (AvgIpc) is 3.68. The van der Waals surface area contributed by atoms with Gasteiger partial charge >= 0.3 is 12.3 Å². The van der Waals surface area contributed by atoms with Crippen molar-refractivity contribution in [3.8, 4) is 11.7 Å². The van der Waals surface area contributed by atoms with Gasteiger partial charge in [-0.15, -0.1) is 5.10 Å². The molecule has 2 N–H and O–H groups in total. The molecule has 1 aliphatic carbocycles. The molecule has 2 aliphatic rings. The highest BCUT2D eigenvalue weighted by Gasteiger charge is 2.62. The van der Waals surface area contributed by atoms with Crippen LogP contribution in [0.1, 0.15) is 95.1 Å². The molecule has 1 aromatic carbocycles. The first kappa shape index (κ1) is 42.7. The highest BCUT2D eigenvalue weighted by atomic mass is 35.5. The summed E-state index contributed by atoms with van der Waals surface area (Å²) in [4.78, 5) is 36.5. The van der Waals surface area contributed by atoms with Crippen molar-refractivity contribution in [1.29, 1.82) is 0 Å². The third-order valence-corrected chi connectivity index (χ3v) is 11.9. The summed E-state index contributed by atoms with van der Waals surface area (Å²) in [6, 6.07) is 17.9. The normalized spacial score (nSPS) is 18.0. The molecule has 1 aliphatic heterocycles. The van der Waals surface area contributed by atoms with Gasteiger partial charge in [0.2, 0.25) is 5.88 Å². The smallest absolute Gasteiger partial charge is 0.410 e. The SMILES string of the molecule is CC(C)(C)OC(=O)N1CC(CCC(Nc2cccc(S(=O)(=O)NC(=O)c3ccc(-n4ccc(OCCC5(C(F)(F)F)CC5)n4)nc3Cl)n2)c2ccccc2)CC1(C)C. The fraction of sp³-hybridized carbons (Fsp3) is 0.475. The number of anilines is 1. The Kier molecular flexibility index (Phi) is 12.1. The van der Waals surface area contributed by atoms with E-state index in [0.717, 1.165) is 18.4 Å². The van der Waals surface area contributed by atoms with Gasteiger partial charge in [-0.2, -0.15) is 21.6 Å². The van der Waals surface area contributed by atoms with Crippen molar-refractivity contribution in [3.05, 3.63) is 89.2 Å². The predicted octanol–water partition coefficient (Wildman–Crippen LogP) is 8.51. The lowest BCUT2D eigenvalue weighted by atomic mass is 9.90. The summed E-state index contributed by atoms with van der Waals surface area (Å²) in [6.45, 7) is 9.97. The molecule has 13 nitrogen and oxygen atoms in total. The van der Waals surface area contributed by atoms with Crippen molar-refractivity contribution in [2.24, 2.45) is 11.3 Å². The summed E-state index contributed by atoms with van der Waals surface area (Å²) in [6.07, 6.45) is -0.981. The highest BCUT2D eigenvalue weighted by molar-refractivity contribution is 7.90. The minimum Gasteiger partial charge on any atom is -0.477 e. The van der Waals surface area contributed by atoms with E-state index in [1.807, 2.05) is 69.7 Å². The third kappa shape index (κ3) is 10.2. The standard InChI is InChI=1S/C40H47ClF3N7O6S/c1-37(2,3)57-36(53)50-25-26(24-38(50,4)5)14-16-29(27-10-7-6-8-11-27)45-30-12-9-13-33(46-30)58(54,55)49-35(52)28-15-17-31(47-34(28)41)51-22-18-32(48-51)56-23-21-39(19-20-39)40(42,43)44/h6-13,15,17-18,22,26,29H,14,16,19-21,23-25H2,1-5H3,(H,45,46)(H,49,52). The number of rotatable bonds is 14. The van der Waals surface area contributed by atoms with Crippen LogP contribution in [0.15, 0.2) is 78.0 Å². The Hall–Kier alpha value is -4.90. The fourth-order valence-corrected chi connectivity index (χ4v) is 8.26. The molecular weight excluding hydrogens is 799 g/mol. The summed E-state index contributed by atoms with van der Waals surface area (Å²) in [5.41, 5.74) is -1.96. The van der Waals surface area contributed by atoms with E-state index < -0.39 is 38.1 Å². The van der Waals surface area contributed by atoms with Crippen LogP contribution in [0.4, 0.5) is 23.8 Å². The van der Waals surface area contributed by atoms with Crippen LogP contribution in [-0.4, -0.2) is 75.5 Å². The molecule has 0 spiro atoms. The Morgan fingerprint density at radius 1 is 1.00 bits per heavy atom. The number of halogens is 4. The van der Waals surface area contributed by atoms with Gasteiger partial charge in [-0.05, 0) is 109 Å². The predicted molar refractivity (Wildman–Crippen MR) is 210 cm³/mol. The highest BCUT2D eigenvalue weighted by Crippen LogP contribution is 2.59. The third-order valence-electron chi connectivity index (χ3n) is 10.4. The molecule has 2 unspecified atom stereocenters. The van der Waals surface area contributed by atoms with Crippen molar-refractivity contribution in [2.75, 3.05) is 18.5 Å². The van der Waals surface area contributed by atoms with Crippen LogP contribution in [0.25, 0.3) is 5.82 Å². The van der Waals surface area contributed by atoms with Crippen LogP contribution < -0.4 is 14.8 Å². The van der Waals surface area contributed by atoms with Gasteiger partial charge in [-0.1, -0.05) is 48.0 Å². The molecular formula is C40H47ClF3N7O6S. The fourth-order valence-electron chi connectivity index (χ4n) is 7.09. The van der Waals surface area contributed by atoms with E-state index in [4.69, 9.17) is 21.1 Å². The average molecular weight is 846 g/mol. The van der Waals surface area contributed by atoms with Crippen molar-refractivity contribution in [2.45, 2.75) is 102 Å². The van der Waals surface area contributed by atoms with Gasteiger partial charge in [0.25, 0.3) is 15.9 Å². The molecule has 1 saturated heterocycles. The zero-order chi connectivity index (χ0) is 42.1. The van der Waals surface area contributed by atoms with Crippen LogP contribution in [-0.2, 0) is 14.8 Å². The number of carbonyl (C=O) groups excluding carboxylic acids is 2. The second kappa shape index (κ2) is 16.4. The van der Waals surface area contributed by atoms with E-state index in [-0.39, 0.29) is 77.7 Å².